The van der Waals surface area contributed by atoms with Crippen LogP contribution in [0.4, 0.5) is 13.2 Å². The number of hydrogen-bond acceptors (Lipinski definition) is 3. The van der Waals surface area contributed by atoms with E-state index in [-0.39, 0.29) is 4.90 Å². The second-order valence-corrected chi connectivity index (χ2v) is 8.66. The van der Waals surface area contributed by atoms with Crippen LogP contribution in [0.25, 0.3) is 27.8 Å². The van der Waals surface area contributed by atoms with E-state index in [1.165, 1.54) is 25.2 Å². The highest BCUT2D eigenvalue weighted by molar-refractivity contribution is 7.89. The zero-order valence-electron chi connectivity index (χ0n) is 16.0. The van der Waals surface area contributed by atoms with E-state index in [9.17, 15) is 21.6 Å². The minimum atomic E-state index is -4.48. The van der Waals surface area contributed by atoms with Crippen LogP contribution in [0, 0.1) is 0 Å². The van der Waals surface area contributed by atoms with Gasteiger partial charge in [0.05, 0.1) is 28.0 Å². The first kappa shape index (κ1) is 20.2. The molecule has 0 aliphatic carbocycles. The fourth-order valence-electron chi connectivity index (χ4n) is 3.30. The standard InChI is InChI=1S/C20H17F3N4O2S/c1-24-30(28,29)15-6-7-19-16(9-15)17(18-11-26(2)12-25-18)10-27(19)14-5-3-4-13(8-14)20(21,22)23/h3-12,24H,1-2H3. The van der Waals surface area contributed by atoms with Crippen LogP contribution in [0.15, 0.2) is 66.1 Å². The van der Waals surface area contributed by atoms with E-state index in [2.05, 4.69) is 9.71 Å². The molecule has 2 aromatic carbocycles. The van der Waals surface area contributed by atoms with Crippen molar-refractivity contribution >= 4 is 20.9 Å². The van der Waals surface area contributed by atoms with Crippen LogP contribution in [0.3, 0.4) is 0 Å². The number of fused-ring (bicyclic) bond motifs is 1. The molecule has 4 rings (SSSR count). The van der Waals surface area contributed by atoms with Gasteiger partial charge in [-0.2, -0.15) is 13.2 Å². The van der Waals surface area contributed by atoms with Gasteiger partial charge in [0.25, 0.3) is 0 Å². The van der Waals surface area contributed by atoms with Crippen molar-refractivity contribution in [1.29, 1.82) is 0 Å². The van der Waals surface area contributed by atoms with Gasteiger partial charge in [-0.15, -0.1) is 0 Å². The third-order valence-corrected chi connectivity index (χ3v) is 6.20. The maximum absolute atomic E-state index is 13.2. The zero-order chi connectivity index (χ0) is 21.7. The Labute approximate surface area is 170 Å². The molecule has 0 aliphatic rings. The summed E-state index contributed by atoms with van der Waals surface area (Å²) in [4.78, 5) is 4.37. The fraction of sp³-hybridized carbons (Fsp3) is 0.150. The Balaban J connectivity index is 2.00. The Kier molecular flexibility index (Phi) is 4.70. The predicted octanol–water partition coefficient (Wildman–Crippen LogP) is 3.96. The monoisotopic (exact) mass is 434 g/mol. The fourth-order valence-corrected chi connectivity index (χ4v) is 4.05. The predicted molar refractivity (Wildman–Crippen MR) is 107 cm³/mol. The number of rotatable bonds is 4. The van der Waals surface area contributed by atoms with Gasteiger partial charge in [0.15, 0.2) is 0 Å². The van der Waals surface area contributed by atoms with Crippen LogP contribution >= 0.6 is 0 Å². The number of benzene rings is 2. The van der Waals surface area contributed by atoms with Crippen molar-refractivity contribution in [2.24, 2.45) is 7.05 Å². The summed E-state index contributed by atoms with van der Waals surface area (Å²) in [5.74, 6) is 0. The second kappa shape index (κ2) is 6.99. The highest BCUT2D eigenvalue weighted by atomic mass is 32.2. The van der Waals surface area contributed by atoms with E-state index in [0.717, 1.165) is 12.1 Å². The maximum Gasteiger partial charge on any atom is 0.416 e. The molecule has 10 heteroatoms. The molecule has 30 heavy (non-hydrogen) atoms. The molecule has 0 bridgehead atoms. The molecule has 6 nitrogen and oxygen atoms in total. The van der Waals surface area contributed by atoms with Gasteiger partial charge in [-0.1, -0.05) is 6.07 Å². The Bertz CT molecular complexity index is 1350. The average Bonchev–Trinajstić information content (AvgIpc) is 3.30. The third kappa shape index (κ3) is 3.48. The van der Waals surface area contributed by atoms with Gasteiger partial charge in [0.1, 0.15) is 0 Å². The molecular weight excluding hydrogens is 417 g/mol. The molecule has 0 atom stereocenters. The summed E-state index contributed by atoms with van der Waals surface area (Å²) in [5, 5.41) is 0.558. The van der Waals surface area contributed by atoms with Gasteiger partial charge < -0.3 is 9.13 Å². The van der Waals surface area contributed by atoms with Gasteiger partial charge in [-0.3, -0.25) is 0 Å². The minimum absolute atomic E-state index is 0.0523. The molecule has 4 aromatic rings. The van der Waals surface area contributed by atoms with Crippen molar-refractivity contribution in [3.63, 3.8) is 0 Å². The highest BCUT2D eigenvalue weighted by Crippen LogP contribution is 2.35. The normalized spacial score (nSPS) is 12.6. The SMILES string of the molecule is CNS(=O)(=O)c1ccc2c(c1)c(-c1cn(C)cn1)cn2-c1cccc(C(F)(F)F)c1. The molecule has 0 unspecified atom stereocenters. The van der Waals surface area contributed by atoms with Gasteiger partial charge in [0.2, 0.25) is 10.0 Å². The number of nitrogens with one attached hydrogen (secondary N) is 1. The highest BCUT2D eigenvalue weighted by Gasteiger charge is 2.30. The van der Waals surface area contributed by atoms with E-state index in [1.807, 2.05) is 0 Å². The Morgan fingerprint density at radius 3 is 2.47 bits per heavy atom. The third-order valence-electron chi connectivity index (χ3n) is 4.79. The molecule has 0 spiro atoms. The number of alkyl halides is 3. The first-order valence-corrected chi connectivity index (χ1v) is 10.3. The smallest absolute Gasteiger partial charge is 0.340 e. The molecular formula is C20H17F3N4O2S. The van der Waals surface area contributed by atoms with Crippen LogP contribution in [-0.4, -0.2) is 29.6 Å². The number of sulfonamides is 1. The van der Waals surface area contributed by atoms with Crippen LogP contribution in [-0.2, 0) is 23.2 Å². The van der Waals surface area contributed by atoms with Crippen molar-refractivity contribution in [2.75, 3.05) is 7.05 Å². The molecule has 2 heterocycles. The summed E-state index contributed by atoms with van der Waals surface area (Å²) < 4.78 is 69.7. The van der Waals surface area contributed by atoms with Gasteiger partial charge in [0, 0.05) is 36.1 Å². The van der Waals surface area contributed by atoms with Crippen molar-refractivity contribution in [3.05, 3.63) is 66.7 Å². The molecule has 0 aliphatic heterocycles. The number of nitrogens with zero attached hydrogens (tertiary/aromatic N) is 3. The molecule has 1 N–H and O–H groups in total. The van der Waals surface area contributed by atoms with E-state index in [0.29, 0.717) is 27.8 Å². The van der Waals surface area contributed by atoms with Gasteiger partial charge in [-0.05, 0) is 43.4 Å². The molecule has 0 saturated carbocycles. The van der Waals surface area contributed by atoms with Crippen LogP contribution < -0.4 is 4.72 Å². The molecule has 0 saturated heterocycles. The first-order chi connectivity index (χ1) is 14.1. The number of aromatic nitrogens is 3. The zero-order valence-corrected chi connectivity index (χ0v) is 16.8. The summed E-state index contributed by atoms with van der Waals surface area (Å²) in [7, 11) is -0.595. The van der Waals surface area contributed by atoms with Crippen molar-refractivity contribution in [2.45, 2.75) is 11.1 Å². The van der Waals surface area contributed by atoms with Crippen molar-refractivity contribution in [1.82, 2.24) is 18.8 Å². The first-order valence-electron chi connectivity index (χ1n) is 8.85. The topological polar surface area (TPSA) is 68.9 Å². The average molecular weight is 434 g/mol. The van der Waals surface area contributed by atoms with E-state index in [1.54, 1.807) is 47.0 Å². The lowest BCUT2D eigenvalue weighted by Gasteiger charge is -2.11. The van der Waals surface area contributed by atoms with E-state index < -0.39 is 21.8 Å². The van der Waals surface area contributed by atoms with Crippen molar-refractivity contribution in [3.8, 4) is 16.9 Å². The van der Waals surface area contributed by atoms with Gasteiger partial charge >= 0.3 is 6.18 Å². The molecule has 156 valence electrons. The molecule has 0 radical (unpaired) electrons. The summed E-state index contributed by atoms with van der Waals surface area (Å²) in [6.07, 6.45) is 0.538. The quantitative estimate of drug-likeness (QED) is 0.529. The van der Waals surface area contributed by atoms with E-state index in [4.69, 9.17) is 0 Å². The summed E-state index contributed by atoms with van der Waals surface area (Å²) in [5.41, 5.74) is 1.28. The molecule has 2 aromatic heterocycles. The molecule has 0 fully saturated rings. The Morgan fingerprint density at radius 2 is 1.83 bits per heavy atom. The number of halogens is 3. The Hall–Kier alpha value is -3.11. The lowest BCUT2D eigenvalue weighted by atomic mass is 10.1. The largest absolute Gasteiger partial charge is 0.416 e. The number of hydrogen-bond donors (Lipinski definition) is 1. The molecule has 0 amide bonds. The minimum Gasteiger partial charge on any atom is -0.340 e. The summed E-state index contributed by atoms with van der Waals surface area (Å²) in [6, 6.07) is 9.45. The summed E-state index contributed by atoms with van der Waals surface area (Å²) >= 11 is 0. The van der Waals surface area contributed by atoms with Crippen molar-refractivity contribution < 1.29 is 21.6 Å². The lowest BCUT2D eigenvalue weighted by Crippen LogP contribution is -2.18. The lowest BCUT2D eigenvalue weighted by molar-refractivity contribution is -0.137. The van der Waals surface area contributed by atoms with Gasteiger partial charge in [-0.25, -0.2) is 18.1 Å². The van der Waals surface area contributed by atoms with Crippen LogP contribution in [0.5, 0.6) is 0 Å². The summed E-state index contributed by atoms with van der Waals surface area (Å²) in [6.45, 7) is 0. The van der Waals surface area contributed by atoms with Crippen LogP contribution in [0.1, 0.15) is 5.56 Å². The number of imidazole rings is 1. The maximum atomic E-state index is 13.2. The Morgan fingerprint density at radius 1 is 1.07 bits per heavy atom. The van der Waals surface area contributed by atoms with Crippen LogP contribution in [0.2, 0.25) is 0 Å². The van der Waals surface area contributed by atoms with E-state index >= 15 is 0 Å². The second-order valence-electron chi connectivity index (χ2n) is 6.77. The number of aryl methyl sites for hydroxylation is 1.